The summed E-state index contributed by atoms with van der Waals surface area (Å²) in [6.07, 6.45) is 0. The van der Waals surface area contributed by atoms with Gasteiger partial charge in [-0.3, -0.25) is 0 Å². The van der Waals surface area contributed by atoms with Gasteiger partial charge in [-0.15, -0.1) is 0 Å². The smallest absolute Gasteiger partial charge is 0.174 e. The molecule has 0 unspecified atom stereocenters. The molecule has 0 bridgehead atoms. The molecule has 0 radical (unpaired) electrons. The molecule has 3 aromatic carbocycles. The van der Waals surface area contributed by atoms with Gasteiger partial charge in [-0.05, 0) is 67.5 Å². The molecule has 0 spiro atoms. The number of benzene rings is 3. The number of hydrogen-bond acceptors (Lipinski definition) is 4. The van der Waals surface area contributed by atoms with Crippen LogP contribution < -0.4 is 19.5 Å². The second kappa shape index (κ2) is 11.4. The van der Waals surface area contributed by atoms with E-state index in [4.69, 9.17) is 26.4 Å². The van der Waals surface area contributed by atoms with E-state index >= 15 is 0 Å². The van der Waals surface area contributed by atoms with Crippen molar-refractivity contribution in [2.75, 3.05) is 26.1 Å². The van der Waals surface area contributed by atoms with E-state index in [1.807, 2.05) is 62.4 Å². The minimum atomic E-state index is 0.599. The Balaban J connectivity index is 1.87. The molecule has 3 rings (SSSR count). The Labute approximate surface area is 195 Å². The van der Waals surface area contributed by atoms with Crippen molar-refractivity contribution in [1.82, 2.24) is 4.90 Å². The molecule has 0 aliphatic heterocycles. The van der Waals surface area contributed by atoms with Crippen LogP contribution in [0.1, 0.15) is 23.6 Å². The Morgan fingerprint density at radius 1 is 0.906 bits per heavy atom. The van der Waals surface area contributed by atoms with E-state index in [9.17, 15) is 0 Å². The zero-order valence-corrected chi connectivity index (χ0v) is 19.9. The SMILES string of the molecule is CCOc1ccccc1CN(Cc1ccc(OC)cc1)C(=S)Nc1ccc(C)cc1OC. The summed E-state index contributed by atoms with van der Waals surface area (Å²) in [5.41, 5.74) is 4.16. The molecule has 1 N–H and O–H groups in total. The first-order chi connectivity index (χ1) is 15.5. The first-order valence-corrected chi connectivity index (χ1v) is 11.0. The molecule has 168 valence electrons. The first kappa shape index (κ1) is 23.4. The van der Waals surface area contributed by atoms with Gasteiger partial charge in [0.05, 0.1) is 26.5 Å². The molecule has 3 aromatic rings. The van der Waals surface area contributed by atoms with Crippen LogP contribution in [0, 0.1) is 6.92 Å². The lowest BCUT2D eigenvalue weighted by Crippen LogP contribution is -2.34. The van der Waals surface area contributed by atoms with E-state index < -0.39 is 0 Å². The Kier molecular flexibility index (Phi) is 8.34. The Hall–Kier alpha value is -3.25. The fraction of sp³-hybridized carbons (Fsp3) is 0.269. The molecule has 0 aromatic heterocycles. The van der Waals surface area contributed by atoms with Crippen molar-refractivity contribution in [2.24, 2.45) is 0 Å². The van der Waals surface area contributed by atoms with Crippen molar-refractivity contribution in [3.05, 3.63) is 83.4 Å². The number of nitrogens with one attached hydrogen (secondary N) is 1. The number of hydrogen-bond donors (Lipinski definition) is 1. The van der Waals surface area contributed by atoms with Crippen LogP contribution in [-0.2, 0) is 13.1 Å². The fourth-order valence-electron chi connectivity index (χ4n) is 3.38. The third-order valence-electron chi connectivity index (χ3n) is 5.05. The van der Waals surface area contributed by atoms with Crippen molar-refractivity contribution in [1.29, 1.82) is 0 Å². The van der Waals surface area contributed by atoms with Gasteiger partial charge in [-0.2, -0.15) is 0 Å². The summed E-state index contributed by atoms with van der Waals surface area (Å²) < 4.78 is 16.7. The molecule has 0 saturated heterocycles. The highest BCUT2D eigenvalue weighted by Crippen LogP contribution is 2.27. The maximum absolute atomic E-state index is 5.85. The Bertz CT molecular complexity index is 1040. The monoisotopic (exact) mass is 450 g/mol. The number of rotatable bonds is 9. The minimum Gasteiger partial charge on any atom is -0.497 e. The molecule has 0 aliphatic rings. The highest BCUT2D eigenvalue weighted by molar-refractivity contribution is 7.80. The predicted molar refractivity (Wildman–Crippen MR) is 134 cm³/mol. The highest BCUT2D eigenvalue weighted by Gasteiger charge is 2.16. The molecule has 0 aliphatic carbocycles. The third kappa shape index (κ3) is 6.14. The van der Waals surface area contributed by atoms with Gasteiger partial charge in [0.1, 0.15) is 17.2 Å². The van der Waals surface area contributed by atoms with Gasteiger partial charge < -0.3 is 24.4 Å². The molecule has 0 amide bonds. The third-order valence-corrected chi connectivity index (χ3v) is 5.41. The molecule has 0 fully saturated rings. The second-order valence-corrected chi connectivity index (χ2v) is 7.77. The van der Waals surface area contributed by atoms with Crippen LogP contribution in [0.4, 0.5) is 5.69 Å². The van der Waals surface area contributed by atoms with Gasteiger partial charge in [-0.25, -0.2) is 0 Å². The normalized spacial score (nSPS) is 10.4. The lowest BCUT2D eigenvalue weighted by molar-refractivity contribution is 0.327. The average Bonchev–Trinajstić information content (AvgIpc) is 2.81. The van der Waals surface area contributed by atoms with E-state index in [1.165, 1.54) is 0 Å². The van der Waals surface area contributed by atoms with Crippen LogP contribution in [-0.4, -0.2) is 30.8 Å². The van der Waals surface area contributed by atoms with Crippen molar-refractivity contribution in [2.45, 2.75) is 26.9 Å². The van der Waals surface area contributed by atoms with E-state index in [0.717, 1.165) is 39.6 Å². The van der Waals surface area contributed by atoms with Crippen molar-refractivity contribution >= 4 is 23.0 Å². The zero-order chi connectivity index (χ0) is 22.9. The number of ether oxygens (including phenoxy) is 3. The molecular formula is C26H30N2O3S. The van der Waals surface area contributed by atoms with E-state index in [1.54, 1.807) is 14.2 Å². The number of thiocarbonyl (C=S) groups is 1. The molecule has 0 atom stereocenters. The lowest BCUT2D eigenvalue weighted by atomic mass is 10.1. The molecule has 6 heteroatoms. The number of aryl methyl sites for hydroxylation is 1. The summed E-state index contributed by atoms with van der Waals surface area (Å²) in [5.74, 6) is 2.45. The van der Waals surface area contributed by atoms with Crippen LogP contribution in [0.15, 0.2) is 66.7 Å². The van der Waals surface area contributed by atoms with Crippen molar-refractivity contribution in [3.8, 4) is 17.2 Å². The summed E-state index contributed by atoms with van der Waals surface area (Å²) in [7, 11) is 3.33. The molecule has 5 nitrogen and oxygen atoms in total. The average molecular weight is 451 g/mol. The highest BCUT2D eigenvalue weighted by atomic mass is 32.1. The van der Waals surface area contributed by atoms with Crippen molar-refractivity contribution < 1.29 is 14.2 Å². The number of methoxy groups -OCH3 is 2. The Morgan fingerprint density at radius 2 is 1.66 bits per heavy atom. The summed E-state index contributed by atoms with van der Waals surface area (Å²) in [6.45, 7) is 5.86. The molecule has 0 saturated carbocycles. The quantitative estimate of drug-likeness (QED) is 0.415. The van der Waals surface area contributed by atoms with Gasteiger partial charge in [0.25, 0.3) is 0 Å². The van der Waals surface area contributed by atoms with E-state index in [0.29, 0.717) is 24.8 Å². The van der Waals surface area contributed by atoms with Crippen LogP contribution in [0.2, 0.25) is 0 Å². The summed E-state index contributed by atoms with van der Waals surface area (Å²) in [5, 5.41) is 3.98. The summed E-state index contributed by atoms with van der Waals surface area (Å²) in [6, 6.07) is 22.1. The number of para-hydroxylation sites is 1. The summed E-state index contributed by atoms with van der Waals surface area (Å²) in [4.78, 5) is 2.12. The lowest BCUT2D eigenvalue weighted by Gasteiger charge is -2.27. The largest absolute Gasteiger partial charge is 0.497 e. The second-order valence-electron chi connectivity index (χ2n) is 7.38. The predicted octanol–water partition coefficient (Wildman–Crippen LogP) is 5.81. The van der Waals surface area contributed by atoms with E-state index in [2.05, 4.69) is 28.4 Å². The van der Waals surface area contributed by atoms with Gasteiger partial charge >= 0.3 is 0 Å². The number of nitrogens with zero attached hydrogens (tertiary/aromatic N) is 1. The maximum atomic E-state index is 5.85. The summed E-state index contributed by atoms with van der Waals surface area (Å²) >= 11 is 5.85. The molecule has 0 heterocycles. The minimum absolute atomic E-state index is 0.599. The fourth-order valence-corrected chi connectivity index (χ4v) is 3.62. The van der Waals surface area contributed by atoms with Gasteiger partial charge in [0.15, 0.2) is 5.11 Å². The zero-order valence-electron chi connectivity index (χ0n) is 19.1. The topological polar surface area (TPSA) is 43.0 Å². The van der Waals surface area contributed by atoms with Crippen LogP contribution in [0.3, 0.4) is 0 Å². The number of anilines is 1. The molecular weight excluding hydrogens is 420 g/mol. The van der Waals surface area contributed by atoms with Crippen molar-refractivity contribution in [3.63, 3.8) is 0 Å². The van der Waals surface area contributed by atoms with Gasteiger partial charge in [0.2, 0.25) is 0 Å². The van der Waals surface area contributed by atoms with Gasteiger partial charge in [0, 0.05) is 18.7 Å². The standard InChI is InChI=1S/C26H30N2O3S/c1-5-31-24-9-7-6-8-21(24)18-28(17-20-11-13-22(29-3)14-12-20)26(32)27-23-15-10-19(2)16-25(23)30-4/h6-16H,5,17-18H2,1-4H3,(H,27,32). The van der Waals surface area contributed by atoms with Gasteiger partial charge in [-0.1, -0.05) is 36.4 Å². The van der Waals surface area contributed by atoms with Crippen LogP contribution in [0.5, 0.6) is 17.2 Å². The van der Waals surface area contributed by atoms with Crippen LogP contribution in [0.25, 0.3) is 0 Å². The van der Waals surface area contributed by atoms with E-state index in [-0.39, 0.29) is 0 Å². The Morgan fingerprint density at radius 3 is 2.34 bits per heavy atom. The van der Waals surface area contributed by atoms with Crippen LogP contribution >= 0.6 is 12.2 Å². The molecule has 32 heavy (non-hydrogen) atoms. The maximum Gasteiger partial charge on any atom is 0.174 e. The first-order valence-electron chi connectivity index (χ1n) is 10.6.